The SMILES string of the molecule is O=C(O)CSc1nc(=O)ccn1-c1ccc(Br)cc1Cl. The highest BCUT2D eigenvalue weighted by Gasteiger charge is 2.11. The van der Waals surface area contributed by atoms with Gasteiger partial charge < -0.3 is 5.11 Å². The van der Waals surface area contributed by atoms with Crippen LogP contribution < -0.4 is 5.56 Å². The van der Waals surface area contributed by atoms with Gasteiger partial charge in [0.15, 0.2) is 5.16 Å². The number of thioether (sulfide) groups is 1. The normalized spacial score (nSPS) is 10.5. The van der Waals surface area contributed by atoms with E-state index >= 15 is 0 Å². The molecule has 0 aliphatic rings. The van der Waals surface area contributed by atoms with Crippen molar-refractivity contribution >= 4 is 45.3 Å². The van der Waals surface area contributed by atoms with Crippen LogP contribution in [-0.4, -0.2) is 26.4 Å². The van der Waals surface area contributed by atoms with Gasteiger partial charge in [0.25, 0.3) is 5.56 Å². The molecule has 8 heteroatoms. The van der Waals surface area contributed by atoms with E-state index in [1.807, 2.05) is 0 Å². The number of hydrogen-bond acceptors (Lipinski definition) is 4. The zero-order valence-corrected chi connectivity index (χ0v) is 13.1. The first kappa shape index (κ1) is 15.1. The molecule has 0 bridgehead atoms. The third-order valence-electron chi connectivity index (χ3n) is 2.27. The Morgan fingerprint density at radius 2 is 2.20 bits per heavy atom. The minimum atomic E-state index is -0.985. The number of nitrogens with zero attached hydrogens (tertiary/aromatic N) is 2. The van der Waals surface area contributed by atoms with Gasteiger partial charge in [-0.05, 0) is 18.2 Å². The fraction of sp³-hybridized carbons (Fsp3) is 0.0833. The molecule has 104 valence electrons. The Bertz CT molecular complexity index is 720. The van der Waals surface area contributed by atoms with Crippen molar-refractivity contribution in [2.24, 2.45) is 0 Å². The van der Waals surface area contributed by atoms with Crippen molar-refractivity contribution in [3.05, 3.63) is 50.3 Å². The summed E-state index contributed by atoms with van der Waals surface area (Å²) >= 11 is 10.4. The number of aromatic nitrogens is 2. The summed E-state index contributed by atoms with van der Waals surface area (Å²) < 4.78 is 2.41. The molecule has 1 heterocycles. The zero-order chi connectivity index (χ0) is 14.7. The molecule has 0 spiro atoms. The minimum absolute atomic E-state index is 0.190. The molecule has 0 unspecified atom stereocenters. The molecule has 0 saturated heterocycles. The molecule has 1 aromatic heterocycles. The van der Waals surface area contributed by atoms with Crippen molar-refractivity contribution in [3.8, 4) is 5.69 Å². The van der Waals surface area contributed by atoms with Crippen LogP contribution in [0.25, 0.3) is 5.69 Å². The van der Waals surface area contributed by atoms with E-state index < -0.39 is 11.5 Å². The van der Waals surface area contributed by atoms with Crippen LogP contribution in [0.1, 0.15) is 0 Å². The molecule has 0 amide bonds. The fourth-order valence-corrected chi connectivity index (χ4v) is 2.95. The van der Waals surface area contributed by atoms with Gasteiger partial charge in [-0.3, -0.25) is 14.2 Å². The Kier molecular flexibility index (Phi) is 4.85. The Labute approximate surface area is 131 Å². The average Bonchev–Trinajstić information content (AvgIpc) is 2.37. The van der Waals surface area contributed by atoms with Crippen LogP contribution in [0, 0.1) is 0 Å². The van der Waals surface area contributed by atoms with Gasteiger partial charge in [-0.2, -0.15) is 4.98 Å². The number of hydrogen-bond donors (Lipinski definition) is 1. The number of halogens is 2. The summed E-state index contributed by atoms with van der Waals surface area (Å²) in [6, 6.07) is 6.55. The molecule has 1 aromatic carbocycles. The monoisotopic (exact) mass is 374 g/mol. The third-order valence-corrected chi connectivity index (χ3v) is 4.01. The first-order chi connectivity index (χ1) is 9.47. The van der Waals surface area contributed by atoms with E-state index in [4.69, 9.17) is 16.7 Å². The number of carboxylic acid groups (broad SMARTS) is 1. The lowest BCUT2D eigenvalue weighted by molar-refractivity contribution is -0.133. The number of benzene rings is 1. The predicted molar refractivity (Wildman–Crippen MR) is 80.9 cm³/mol. The van der Waals surface area contributed by atoms with Crippen LogP contribution in [0.4, 0.5) is 0 Å². The Hall–Kier alpha value is -1.31. The van der Waals surface area contributed by atoms with E-state index in [1.54, 1.807) is 22.8 Å². The molecular weight excluding hydrogens is 368 g/mol. The molecule has 0 radical (unpaired) electrons. The molecular formula is C12H8BrClN2O3S. The highest BCUT2D eigenvalue weighted by atomic mass is 79.9. The second kappa shape index (κ2) is 6.43. The quantitative estimate of drug-likeness (QED) is 0.657. The summed E-state index contributed by atoms with van der Waals surface area (Å²) in [5.74, 6) is -1.17. The maximum absolute atomic E-state index is 11.3. The molecule has 2 rings (SSSR count). The molecule has 0 aliphatic carbocycles. The van der Waals surface area contributed by atoms with Gasteiger partial charge in [-0.15, -0.1) is 0 Å². The van der Waals surface area contributed by atoms with E-state index in [-0.39, 0.29) is 10.9 Å². The number of carboxylic acids is 1. The lowest BCUT2D eigenvalue weighted by atomic mass is 10.3. The lowest BCUT2D eigenvalue weighted by Crippen LogP contribution is -2.13. The fourth-order valence-electron chi connectivity index (χ4n) is 1.48. The summed E-state index contributed by atoms with van der Waals surface area (Å²) in [5.41, 5.74) is 0.192. The molecule has 0 atom stereocenters. The van der Waals surface area contributed by atoms with Gasteiger partial charge >= 0.3 is 5.97 Å². The highest BCUT2D eigenvalue weighted by Crippen LogP contribution is 2.27. The minimum Gasteiger partial charge on any atom is -0.481 e. The van der Waals surface area contributed by atoms with Crippen molar-refractivity contribution in [1.29, 1.82) is 0 Å². The van der Waals surface area contributed by atoms with Gasteiger partial charge in [0.2, 0.25) is 0 Å². The van der Waals surface area contributed by atoms with Crippen molar-refractivity contribution in [2.75, 3.05) is 5.75 Å². The molecule has 2 aromatic rings. The molecule has 1 N–H and O–H groups in total. The van der Waals surface area contributed by atoms with Crippen LogP contribution in [0.15, 0.2) is 44.9 Å². The summed E-state index contributed by atoms with van der Waals surface area (Å²) in [7, 11) is 0. The van der Waals surface area contributed by atoms with Gasteiger partial charge in [0, 0.05) is 16.7 Å². The second-order valence-corrected chi connectivity index (χ2v) is 5.96. The molecule has 20 heavy (non-hydrogen) atoms. The van der Waals surface area contributed by atoms with E-state index in [2.05, 4.69) is 20.9 Å². The van der Waals surface area contributed by atoms with Crippen LogP contribution >= 0.6 is 39.3 Å². The van der Waals surface area contributed by atoms with Gasteiger partial charge in [-0.1, -0.05) is 39.3 Å². The number of aliphatic carboxylic acids is 1. The predicted octanol–water partition coefficient (Wildman–Crippen LogP) is 2.83. The van der Waals surface area contributed by atoms with E-state index in [1.165, 1.54) is 12.3 Å². The standard InChI is InChI=1S/C12H8BrClN2O3S/c13-7-1-2-9(8(14)5-7)16-4-3-10(17)15-12(16)20-6-11(18)19/h1-5H,6H2,(H,18,19). The summed E-state index contributed by atoms with van der Waals surface area (Å²) in [5, 5.41) is 9.47. The van der Waals surface area contributed by atoms with Crippen molar-refractivity contribution in [3.63, 3.8) is 0 Å². The molecule has 0 aliphatic heterocycles. The number of carbonyl (C=O) groups is 1. The zero-order valence-electron chi connectivity index (χ0n) is 9.92. The van der Waals surface area contributed by atoms with Crippen LogP contribution in [0.5, 0.6) is 0 Å². The third kappa shape index (κ3) is 3.62. The molecule has 0 fully saturated rings. The van der Waals surface area contributed by atoms with Gasteiger partial charge in [-0.25, -0.2) is 0 Å². The first-order valence-electron chi connectivity index (χ1n) is 5.37. The van der Waals surface area contributed by atoms with Gasteiger partial charge in [0.1, 0.15) is 0 Å². The Morgan fingerprint density at radius 1 is 1.45 bits per heavy atom. The topological polar surface area (TPSA) is 72.2 Å². The Balaban J connectivity index is 2.49. The molecule has 5 nitrogen and oxygen atoms in total. The number of rotatable bonds is 4. The second-order valence-electron chi connectivity index (χ2n) is 3.70. The van der Waals surface area contributed by atoms with E-state index in [0.717, 1.165) is 16.2 Å². The van der Waals surface area contributed by atoms with Crippen molar-refractivity contribution < 1.29 is 9.90 Å². The van der Waals surface area contributed by atoms with Crippen molar-refractivity contribution in [2.45, 2.75) is 5.16 Å². The summed E-state index contributed by atoms with van der Waals surface area (Å²) in [6.07, 6.45) is 1.52. The lowest BCUT2D eigenvalue weighted by Gasteiger charge is -2.12. The van der Waals surface area contributed by atoms with Crippen LogP contribution in [-0.2, 0) is 4.79 Å². The Morgan fingerprint density at radius 3 is 2.85 bits per heavy atom. The largest absolute Gasteiger partial charge is 0.481 e. The summed E-state index contributed by atoms with van der Waals surface area (Å²) in [4.78, 5) is 25.8. The molecule has 0 saturated carbocycles. The van der Waals surface area contributed by atoms with Crippen LogP contribution in [0.2, 0.25) is 5.02 Å². The first-order valence-corrected chi connectivity index (χ1v) is 7.53. The maximum atomic E-state index is 11.3. The summed E-state index contributed by atoms with van der Waals surface area (Å²) in [6.45, 7) is 0. The maximum Gasteiger partial charge on any atom is 0.313 e. The van der Waals surface area contributed by atoms with E-state index in [0.29, 0.717) is 10.7 Å². The average molecular weight is 376 g/mol. The van der Waals surface area contributed by atoms with Crippen molar-refractivity contribution in [1.82, 2.24) is 9.55 Å². The van der Waals surface area contributed by atoms with Gasteiger partial charge in [0.05, 0.1) is 16.5 Å². The van der Waals surface area contributed by atoms with Crippen LogP contribution in [0.3, 0.4) is 0 Å². The van der Waals surface area contributed by atoms with E-state index in [9.17, 15) is 9.59 Å². The highest BCUT2D eigenvalue weighted by molar-refractivity contribution is 9.10. The smallest absolute Gasteiger partial charge is 0.313 e.